The molecule has 6 rings (SSSR count). The highest BCUT2D eigenvalue weighted by Crippen LogP contribution is 2.31. The van der Waals surface area contributed by atoms with Gasteiger partial charge in [-0.25, -0.2) is 12.4 Å². The van der Waals surface area contributed by atoms with Gasteiger partial charge in [0.05, 0.1) is 17.2 Å². The smallest absolute Gasteiger partial charge is 0.244 e. The van der Waals surface area contributed by atoms with Gasteiger partial charge >= 0.3 is 0 Å². The zero-order chi connectivity index (χ0) is 28.6. The summed E-state index contributed by atoms with van der Waals surface area (Å²) in [6, 6.07) is 18.7. The number of hydrogen-bond donors (Lipinski definition) is 2. The van der Waals surface area contributed by atoms with E-state index in [1.54, 1.807) is 25.1 Å². The Balaban J connectivity index is 1.30. The predicted molar refractivity (Wildman–Crippen MR) is 159 cm³/mol. The second kappa shape index (κ2) is 11.0. The van der Waals surface area contributed by atoms with E-state index < -0.39 is 16.1 Å². The number of aliphatic hydroxyl groups is 1. The lowest BCUT2D eigenvalue weighted by atomic mass is 10.2. The van der Waals surface area contributed by atoms with Gasteiger partial charge in [0.25, 0.3) is 0 Å². The number of anilines is 4. The summed E-state index contributed by atoms with van der Waals surface area (Å²) in [7, 11) is -3.76. The largest absolute Gasteiger partial charge is 0.391 e. The fraction of sp³-hybridized carbons (Fsp3) is 0.345. The molecule has 4 aromatic rings. The number of nitrogens with zero attached hydrogens (tertiary/aromatic N) is 6. The van der Waals surface area contributed by atoms with Crippen LogP contribution >= 0.6 is 0 Å². The summed E-state index contributed by atoms with van der Waals surface area (Å²) in [5, 5.41) is 14.0. The van der Waals surface area contributed by atoms with Gasteiger partial charge in [0, 0.05) is 63.8 Å². The number of β-amino-alcohol motifs (C(OH)–C–C–N with tert-alkyl or cyclic N) is 1. The molecule has 214 valence electrons. The van der Waals surface area contributed by atoms with E-state index in [9.17, 15) is 18.3 Å². The lowest BCUT2D eigenvalue weighted by Crippen LogP contribution is -2.48. The van der Waals surface area contributed by atoms with E-state index in [4.69, 9.17) is 4.98 Å². The Morgan fingerprint density at radius 3 is 2.34 bits per heavy atom. The molecular weight excluding hydrogens is 542 g/mol. The molecule has 2 aromatic carbocycles. The zero-order valence-electron chi connectivity index (χ0n) is 22.8. The molecule has 1 amide bonds. The summed E-state index contributed by atoms with van der Waals surface area (Å²) < 4.78 is 28.2. The van der Waals surface area contributed by atoms with Gasteiger partial charge in [0.1, 0.15) is 5.82 Å². The zero-order valence-corrected chi connectivity index (χ0v) is 23.7. The summed E-state index contributed by atoms with van der Waals surface area (Å²) in [6.45, 7) is 5.56. The van der Waals surface area contributed by atoms with Crippen LogP contribution in [0.3, 0.4) is 0 Å². The maximum Gasteiger partial charge on any atom is 0.244 e. The predicted octanol–water partition coefficient (Wildman–Crippen LogP) is 2.79. The summed E-state index contributed by atoms with van der Waals surface area (Å²) in [6.07, 6.45) is 1.67. The SMILES string of the molecule is CC(=O)N1CCN(c2ccc(Nc3nc(N4CC[C@H](O)C4)c4ccn(S(=O)(=O)Cc5ccccc5)c4n3)cc2)CC1. The Hall–Kier alpha value is -4.16. The number of piperazine rings is 1. The summed E-state index contributed by atoms with van der Waals surface area (Å²) in [4.78, 5) is 27.1. The number of benzene rings is 2. The third-order valence-corrected chi connectivity index (χ3v) is 9.25. The average Bonchev–Trinajstić information content (AvgIpc) is 3.60. The number of rotatable bonds is 7. The van der Waals surface area contributed by atoms with Gasteiger partial charge in [-0.3, -0.25) is 4.79 Å². The highest BCUT2D eigenvalue weighted by atomic mass is 32.2. The Morgan fingerprint density at radius 1 is 0.951 bits per heavy atom. The molecule has 2 aliphatic rings. The monoisotopic (exact) mass is 575 g/mol. The summed E-state index contributed by atoms with van der Waals surface area (Å²) in [5.41, 5.74) is 2.79. The first-order chi connectivity index (χ1) is 19.8. The Bertz CT molecular complexity index is 1650. The molecule has 0 spiro atoms. The summed E-state index contributed by atoms with van der Waals surface area (Å²) >= 11 is 0. The molecule has 2 fully saturated rings. The molecule has 2 saturated heterocycles. The van der Waals surface area contributed by atoms with E-state index >= 15 is 0 Å². The number of carbonyl (C=O) groups excluding carboxylic acids is 1. The minimum absolute atomic E-state index is 0.1000. The minimum Gasteiger partial charge on any atom is -0.391 e. The van der Waals surface area contributed by atoms with E-state index in [0.29, 0.717) is 49.4 Å². The number of fused-ring (bicyclic) bond motifs is 1. The van der Waals surface area contributed by atoms with Crippen LogP contribution in [0.4, 0.5) is 23.1 Å². The van der Waals surface area contributed by atoms with Crippen LogP contribution in [0.15, 0.2) is 66.9 Å². The van der Waals surface area contributed by atoms with E-state index in [2.05, 4.69) is 15.2 Å². The Morgan fingerprint density at radius 2 is 1.68 bits per heavy atom. The molecule has 2 N–H and O–H groups in total. The number of aromatic nitrogens is 3. The van der Waals surface area contributed by atoms with Gasteiger partial charge in [0.2, 0.25) is 21.9 Å². The number of aliphatic hydroxyl groups excluding tert-OH is 1. The van der Waals surface area contributed by atoms with Crippen molar-refractivity contribution in [3.8, 4) is 0 Å². The highest BCUT2D eigenvalue weighted by molar-refractivity contribution is 7.89. The van der Waals surface area contributed by atoms with E-state index in [0.717, 1.165) is 24.5 Å². The van der Waals surface area contributed by atoms with Crippen molar-refractivity contribution in [3.05, 3.63) is 72.4 Å². The van der Waals surface area contributed by atoms with Crippen molar-refractivity contribution in [3.63, 3.8) is 0 Å². The Kier molecular flexibility index (Phi) is 7.26. The van der Waals surface area contributed by atoms with Gasteiger partial charge in [-0.15, -0.1) is 0 Å². The van der Waals surface area contributed by atoms with Crippen molar-refractivity contribution in [2.24, 2.45) is 0 Å². The number of hydrogen-bond acceptors (Lipinski definition) is 9. The second-order valence-electron chi connectivity index (χ2n) is 10.5. The third kappa shape index (κ3) is 5.70. The topological polar surface area (TPSA) is 124 Å². The van der Waals surface area contributed by atoms with Crippen LogP contribution < -0.4 is 15.1 Å². The molecule has 41 heavy (non-hydrogen) atoms. The highest BCUT2D eigenvalue weighted by Gasteiger charge is 2.27. The van der Waals surface area contributed by atoms with Crippen molar-refractivity contribution in [2.45, 2.75) is 25.2 Å². The van der Waals surface area contributed by atoms with Crippen LogP contribution in [-0.2, 0) is 20.6 Å². The molecule has 4 heterocycles. The standard InChI is InChI=1S/C29H33N7O4S/c1-21(37)33-15-17-34(18-16-33)24-9-7-23(8-10-24)30-29-31-27(35-13-11-25(38)19-35)26-12-14-36(28(26)32-29)41(39,40)20-22-5-3-2-4-6-22/h2-10,12,14,25,38H,11,13,15-20H2,1H3,(H,30,31,32)/t25-/m0/s1. The maximum absolute atomic E-state index is 13.5. The van der Waals surface area contributed by atoms with Crippen molar-refractivity contribution in [1.29, 1.82) is 0 Å². The molecule has 2 aliphatic heterocycles. The van der Waals surface area contributed by atoms with E-state index in [-0.39, 0.29) is 23.3 Å². The van der Waals surface area contributed by atoms with Crippen molar-refractivity contribution >= 4 is 50.1 Å². The van der Waals surface area contributed by atoms with Crippen molar-refractivity contribution < 1.29 is 18.3 Å². The van der Waals surface area contributed by atoms with Gasteiger partial charge in [-0.05, 0) is 42.3 Å². The minimum atomic E-state index is -3.76. The van der Waals surface area contributed by atoms with Crippen LogP contribution in [0.25, 0.3) is 11.0 Å². The van der Waals surface area contributed by atoms with Crippen LogP contribution in [0.2, 0.25) is 0 Å². The fourth-order valence-corrected chi connectivity index (χ4v) is 6.85. The Labute approximate surface area is 239 Å². The maximum atomic E-state index is 13.5. The molecule has 0 saturated carbocycles. The molecule has 2 aromatic heterocycles. The van der Waals surface area contributed by atoms with Crippen LogP contribution in [0, 0.1) is 0 Å². The van der Waals surface area contributed by atoms with Crippen molar-refractivity contribution in [2.75, 3.05) is 54.4 Å². The average molecular weight is 576 g/mol. The fourth-order valence-electron chi connectivity index (χ4n) is 5.45. The molecule has 0 unspecified atom stereocenters. The second-order valence-corrected chi connectivity index (χ2v) is 12.4. The molecule has 0 aliphatic carbocycles. The first kappa shape index (κ1) is 27.0. The summed E-state index contributed by atoms with van der Waals surface area (Å²) in [5.74, 6) is 0.793. The normalized spacial score (nSPS) is 17.8. The van der Waals surface area contributed by atoms with E-state index in [1.807, 2.05) is 52.3 Å². The molecule has 1 atom stereocenters. The molecule has 0 radical (unpaired) electrons. The van der Waals surface area contributed by atoms with E-state index in [1.165, 1.54) is 10.2 Å². The van der Waals surface area contributed by atoms with Gasteiger partial charge in [-0.1, -0.05) is 30.3 Å². The lowest BCUT2D eigenvalue weighted by molar-refractivity contribution is -0.129. The molecule has 11 nitrogen and oxygen atoms in total. The first-order valence-electron chi connectivity index (χ1n) is 13.7. The molecule has 12 heteroatoms. The third-order valence-electron chi connectivity index (χ3n) is 7.66. The van der Waals surface area contributed by atoms with Gasteiger partial charge < -0.3 is 25.1 Å². The lowest BCUT2D eigenvalue weighted by Gasteiger charge is -2.35. The van der Waals surface area contributed by atoms with Gasteiger partial charge in [-0.2, -0.15) is 9.97 Å². The number of nitrogens with one attached hydrogen (secondary N) is 1. The molecular formula is C29H33N7O4S. The number of carbonyl (C=O) groups is 1. The van der Waals surface area contributed by atoms with Crippen molar-refractivity contribution in [1.82, 2.24) is 18.8 Å². The molecule has 0 bridgehead atoms. The quantitative estimate of drug-likeness (QED) is 0.342. The van der Waals surface area contributed by atoms with Crippen LogP contribution in [-0.4, -0.2) is 83.6 Å². The number of amides is 1. The van der Waals surface area contributed by atoms with Gasteiger partial charge in [0.15, 0.2) is 5.65 Å². The van der Waals surface area contributed by atoms with Crippen LogP contribution in [0.5, 0.6) is 0 Å². The van der Waals surface area contributed by atoms with Crippen LogP contribution in [0.1, 0.15) is 18.9 Å². The first-order valence-corrected chi connectivity index (χ1v) is 15.3.